The van der Waals surface area contributed by atoms with E-state index in [2.05, 4.69) is 17.6 Å². The van der Waals surface area contributed by atoms with Gasteiger partial charge in [-0.1, -0.05) is 26.7 Å². The molecule has 9 nitrogen and oxygen atoms in total. The van der Waals surface area contributed by atoms with Crippen molar-refractivity contribution in [3.8, 4) is 0 Å². The van der Waals surface area contributed by atoms with Crippen molar-refractivity contribution in [2.75, 3.05) is 47.6 Å². The van der Waals surface area contributed by atoms with Gasteiger partial charge in [0.15, 0.2) is 0 Å². The van der Waals surface area contributed by atoms with Crippen LogP contribution < -0.4 is 10.6 Å². The largest absolute Gasteiger partial charge is 0.383 e. The first-order valence-corrected chi connectivity index (χ1v) is 11.8. The molecule has 1 aliphatic heterocycles. The van der Waals surface area contributed by atoms with E-state index < -0.39 is 17.9 Å². The minimum Gasteiger partial charge on any atom is -0.383 e. The predicted octanol–water partition coefficient (Wildman–Crippen LogP) is 2.29. The Hall–Kier alpha value is -1.42. The average Bonchev–Trinajstić information content (AvgIpc) is 3.37. The fraction of sp³-hybridized carbons (Fsp3) is 0.913. The number of amides is 3. The van der Waals surface area contributed by atoms with Gasteiger partial charge in [0.1, 0.15) is 18.7 Å². The monoisotopic (exact) mass is 457 g/mol. The summed E-state index contributed by atoms with van der Waals surface area (Å²) in [6.45, 7) is 7.79. The van der Waals surface area contributed by atoms with Crippen molar-refractivity contribution < 1.29 is 28.5 Å². The number of urea groups is 1. The van der Waals surface area contributed by atoms with Gasteiger partial charge in [-0.15, -0.1) is 0 Å². The number of carbonyl (C=O) groups excluding carboxylic acids is 2. The summed E-state index contributed by atoms with van der Waals surface area (Å²) in [7, 11) is 4.71. The van der Waals surface area contributed by atoms with Gasteiger partial charge in [0.2, 0.25) is 11.7 Å². The Morgan fingerprint density at radius 2 is 1.81 bits per heavy atom. The smallest absolute Gasteiger partial charge is 0.318 e. The van der Waals surface area contributed by atoms with Gasteiger partial charge in [0.25, 0.3) is 0 Å². The number of hydrogen-bond donors (Lipinski definition) is 2. The molecule has 2 N–H and O–H groups in total. The number of likely N-dealkylation sites (N-methyl/N-ethyl adjacent to an activating group) is 1. The molecule has 0 aromatic carbocycles. The molecule has 2 rings (SSSR count). The van der Waals surface area contributed by atoms with Crippen LogP contribution in [0.5, 0.6) is 0 Å². The van der Waals surface area contributed by atoms with E-state index in [0.29, 0.717) is 32.5 Å². The van der Waals surface area contributed by atoms with E-state index in [4.69, 9.17) is 18.9 Å². The predicted molar refractivity (Wildman–Crippen MR) is 121 cm³/mol. The highest BCUT2D eigenvalue weighted by atomic mass is 16.7. The Labute approximate surface area is 192 Å². The summed E-state index contributed by atoms with van der Waals surface area (Å²) in [5, 5.41) is 6.09. The molecule has 2 aliphatic rings. The van der Waals surface area contributed by atoms with Crippen LogP contribution in [0, 0.1) is 5.41 Å². The van der Waals surface area contributed by atoms with Gasteiger partial charge >= 0.3 is 6.03 Å². The molecule has 0 spiro atoms. The van der Waals surface area contributed by atoms with Crippen LogP contribution in [0.2, 0.25) is 0 Å². The first-order valence-electron chi connectivity index (χ1n) is 11.8. The summed E-state index contributed by atoms with van der Waals surface area (Å²) < 4.78 is 22.2. The standard InChI is InChI=1S/C23H43N3O6/c1-7-18-19(23(30-5,31-6)16-32-18)25-20(27)17(15-22(3)11-9-10-12-22)24-21(28)26(8-2)13-14-29-4/h17-19H,7-16H2,1-6H3,(H,24,28)(H,25,27). The Morgan fingerprint density at radius 3 is 2.34 bits per heavy atom. The van der Waals surface area contributed by atoms with Crippen LogP contribution in [0.15, 0.2) is 0 Å². The summed E-state index contributed by atoms with van der Waals surface area (Å²) in [5.74, 6) is -1.28. The zero-order valence-electron chi connectivity index (χ0n) is 20.7. The first kappa shape index (κ1) is 26.8. The van der Waals surface area contributed by atoms with Crippen LogP contribution in [0.4, 0.5) is 4.79 Å². The van der Waals surface area contributed by atoms with Crippen molar-refractivity contribution in [3.05, 3.63) is 0 Å². The maximum Gasteiger partial charge on any atom is 0.318 e. The highest BCUT2D eigenvalue weighted by molar-refractivity contribution is 5.87. The summed E-state index contributed by atoms with van der Waals surface area (Å²) in [4.78, 5) is 28.2. The van der Waals surface area contributed by atoms with Crippen LogP contribution in [-0.4, -0.2) is 88.4 Å². The molecule has 1 saturated heterocycles. The fourth-order valence-electron chi connectivity index (χ4n) is 4.94. The molecule has 3 unspecified atom stereocenters. The van der Waals surface area contributed by atoms with Gasteiger partial charge in [-0.3, -0.25) is 4.79 Å². The van der Waals surface area contributed by atoms with Crippen molar-refractivity contribution in [1.29, 1.82) is 0 Å². The van der Waals surface area contributed by atoms with Gasteiger partial charge in [-0.05, 0) is 38.0 Å². The molecule has 2 fully saturated rings. The number of ether oxygens (including phenoxy) is 4. The van der Waals surface area contributed by atoms with Crippen molar-refractivity contribution in [3.63, 3.8) is 0 Å². The SMILES string of the molecule is CCC1OCC(OC)(OC)C1NC(=O)C(CC1(C)CCCC1)NC(=O)N(CC)CCOC. The van der Waals surface area contributed by atoms with Gasteiger partial charge in [-0.25, -0.2) is 4.79 Å². The highest BCUT2D eigenvalue weighted by Gasteiger charge is 2.52. The molecule has 9 heteroatoms. The Bertz CT molecular complexity index is 607. The molecule has 0 aromatic heterocycles. The maximum atomic E-state index is 13.5. The van der Waals surface area contributed by atoms with E-state index in [1.165, 1.54) is 0 Å². The number of hydrogen-bond acceptors (Lipinski definition) is 6. The highest BCUT2D eigenvalue weighted by Crippen LogP contribution is 2.41. The number of nitrogens with one attached hydrogen (secondary N) is 2. The normalized spacial score (nSPS) is 24.8. The third-order valence-electron chi connectivity index (χ3n) is 7.09. The number of nitrogens with zero attached hydrogens (tertiary/aromatic N) is 1. The molecule has 1 aliphatic carbocycles. The molecule has 1 saturated carbocycles. The lowest BCUT2D eigenvalue weighted by atomic mass is 9.81. The van der Waals surface area contributed by atoms with E-state index in [1.807, 2.05) is 13.8 Å². The van der Waals surface area contributed by atoms with E-state index in [1.54, 1.807) is 26.2 Å². The Kier molecular flexibility index (Phi) is 10.2. The number of rotatable bonds is 12. The molecule has 1 heterocycles. The summed E-state index contributed by atoms with van der Waals surface area (Å²) in [6.07, 6.45) is 5.47. The molecule has 186 valence electrons. The molecular weight excluding hydrogens is 414 g/mol. The summed E-state index contributed by atoms with van der Waals surface area (Å²) in [6, 6.07) is -1.39. The zero-order valence-corrected chi connectivity index (χ0v) is 20.7. The second-order valence-electron chi connectivity index (χ2n) is 9.26. The molecule has 0 aromatic rings. The molecular formula is C23H43N3O6. The van der Waals surface area contributed by atoms with E-state index in [0.717, 1.165) is 25.7 Å². The van der Waals surface area contributed by atoms with Crippen LogP contribution >= 0.6 is 0 Å². The van der Waals surface area contributed by atoms with Crippen molar-refractivity contribution >= 4 is 11.9 Å². The summed E-state index contributed by atoms with van der Waals surface area (Å²) >= 11 is 0. The third kappa shape index (κ3) is 6.34. The maximum absolute atomic E-state index is 13.5. The van der Waals surface area contributed by atoms with Crippen molar-refractivity contribution in [1.82, 2.24) is 15.5 Å². The summed E-state index contributed by atoms with van der Waals surface area (Å²) in [5.41, 5.74) is 0.0226. The van der Waals surface area contributed by atoms with E-state index in [-0.39, 0.29) is 30.1 Å². The lowest BCUT2D eigenvalue weighted by Crippen LogP contribution is -2.61. The topological polar surface area (TPSA) is 98.4 Å². The average molecular weight is 458 g/mol. The molecule has 0 radical (unpaired) electrons. The zero-order chi connectivity index (χ0) is 23.8. The van der Waals surface area contributed by atoms with E-state index in [9.17, 15) is 9.59 Å². The van der Waals surface area contributed by atoms with Gasteiger partial charge in [0, 0.05) is 34.4 Å². The van der Waals surface area contributed by atoms with Gasteiger partial charge in [0.05, 0.1) is 12.7 Å². The number of methoxy groups -OCH3 is 3. The third-order valence-corrected chi connectivity index (χ3v) is 7.09. The van der Waals surface area contributed by atoms with Crippen LogP contribution in [0.25, 0.3) is 0 Å². The van der Waals surface area contributed by atoms with Crippen molar-refractivity contribution in [2.45, 2.75) is 83.3 Å². The van der Waals surface area contributed by atoms with Crippen LogP contribution in [-0.2, 0) is 23.7 Å². The molecule has 0 bridgehead atoms. The quantitative estimate of drug-likeness (QED) is 0.436. The Balaban J connectivity index is 2.19. The fourth-order valence-corrected chi connectivity index (χ4v) is 4.94. The lowest BCUT2D eigenvalue weighted by molar-refractivity contribution is -0.214. The van der Waals surface area contributed by atoms with Crippen LogP contribution in [0.3, 0.4) is 0 Å². The minimum atomic E-state index is -1.05. The second-order valence-corrected chi connectivity index (χ2v) is 9.26. The van der Waals surface area contributed by atoms with Gasteiger partial charge < -0.3 is 34.5 Å². The molecule has 32 heavy (non-hydrogen) atoms. The molecule has 3 amide bonds. The second kappa shape index (κ2) is 12.2. The van der Waals surface area contributed by atoms with Crippen LogP contribution in [0.1, 0.15) is 59.3 Å². The number of carbonyl (C=O) groups is 2. The minimum absolute atomic E-state index is 0.0226. The lowest BCUT2D eigenvalue weighted by Gasteiger charge is -2.35. The van der Waals surface area contributed by atoms with Crippen molar-refractivity contribution in [2.24, 2.45) is 5.41 Å². The first-order chi connectivity index (χ1) is 15.3. The van der Waals surface area contributed by atoms with E-state index >= 15 is 0 Å². The van der Waals surface area contributed by atoms with Gasteiger partial charge in [-0.2, -0.15) is 0 Å². The Morgan fingerprint density at radius 1 is 1.16 bits per heavy atom. The molecule has 3 atom stereocenters.